The Labute approximate surface area is 251 Å². The number of hydrogen-bond donors (Lipinski definition) is 1. The van der Waals surface area contributed by atoms with Gasteiger partial charge in [-0.2, -0.15) is 5.10 Å². The highest BCUT2D eigenvalue weighted by Crippen LogP contribution is 2.36. The Morgan fingerprint density at radius 2 is 1.67 bits per heavy atom. The van der Waals surface area contributed by atoms with Crippen molar-refractivity contribution in [1.82, 2.24) is 14.7 Å². The first kappa shape index (κ1) is 29.8. The van der Waals surface area contributed by atoms with Crippen LogP contribution in [0.2, 0.25) is 0 Å². The van der Waals surface area contributed by atoms with Gasteiger partial charge < -0.3 is 14.7 Å². The fourth-order valence-corrected chi connectivity index (χ4v) is 5.85. The molecule has 43 heavy (non-hydrogen) atoms. The van der Waals surface area contributed by atoms with Crippen LogP contribution in [0, 0.1) is 0 Å². The minimum absolute atomic E-state index is 0.000743. The number of carbonyl (C=O) groups excluding carboxylic acids is 2. The lowest BCUT2D eigenvalue weighted by molar-refractivity contribution is 0.0518. The molecule has 1 aliphatic heterocycles. The molecule has 2 heterocycles. The van der Waals surface area contributed by atoms with Crippen molar-refractivity contribution in [3.63, 3.8) is 0 Å². The van der Waals surface area contributed by atoms with Crippen LogP contribution >= 0.6 is 0 Å². The Balaban J connectivity index is 1.74. The van der Waals surface area contributed by atoms with E-state index in [0.717, 1.165) is 36.2 Å². The number of carboxylic acids is 1. The maximum absolute atomic E-state index is 14.5. The number of aromatic carboxylic acids is 1. The van der Waals surface area contributed by atoms with Crippen LogP contribution in [0.4, 0.5) is 0 Å². The standard InChI is InChI=1S/C35H37N3O5/c1-4-7-17-30-31(32(35(42)43-6-3)36-38(30)27-15-9-8-10-16-27)28-19-18-24(34(40)41)21-29(28)33(39)37-22-25-14-12-11-13-23(25)20-26(37)5-2/h8-16,18-19,21,26H,4-7,17,20,22H2,1-3H3,(H,40,41)/t26-/m1/s1. The summed E-state index contributed by atoms with van der Waals surface area (Å²) >= 11 is 0. The van der Waals surface area contributed by atoms with Crippen LogP contribution in [-0.2, 0) is 24.1 Å². The number of esters is 1. The molecule has 0 unspecified atom stereocenters. The van der Waals surface area contributed by atoms with Crippen LogP contribution in [0.1, 0.15) is 88.1 Å². The van der Waals surface area contributed by atoms with Gasteiger partial charge in [-0.3, -0.25) is 4.79 Å². The summed E-state index contributed by atoms with van der Waals surface area (Å²) in [4.78, 5) is 41.9. The monoisotopic (exact) mass is 579 g/mol. The zero-order valence-corrected chi connectivity index (χ0v) is 24.9. The Kier molecular flexibility index (Phi) is 9.04. The van der Waals surface area contributed by atoms with Gasteiger partial charge in [0.1, 0.15) is 0 Å². The molecule has 0 spiro atoms. The van der Waals surface area contributed by atoms with Gasteiger partial charge in [0, 0.05) is 23.7 Å². The molecule has 1 atom stereocenters. The van der Waals surface area contributed by atoms with Gasteiger partial charge in [0.15, 0.2) is 5.69 Å². The average molecular weight is 580 g/mol. The third-order valence-corrected chi connectivity index (χ3v) is 8.07. The highest BCUT2D eigenvalue weighted by molar-refractivity contribution is 6.06. The van der Waals surface area contributed by atoms with Crippen molar-refractivity contribution in [1.29, 1.82) is 0 Å². The number of ether oxygens (including phenoxy) is 1. The van der Waals surface area contributed by atoms with Crippen molar-refractivity contribution in [2.75, 3.05) is 6.61 Å². The molecule has 222 valence electrons. The predicted molar refractivity (Wildman–Crippen MR) is 165 cm³/mol. The first-order valence-electron chi connectivity index (χ1n) is 15.0. The van der Waals surface area contributed by atoms with E-state index in [0.29, 0.717) is 30.5 Å². The molecule has 3 aromatic carbocycles. The Bertz CT molecular complexity index is 1640. The Morgan fingerprint density at radius 1 is 0.953 bits per heavy atom. The van der Waals surface area contributed by atoms with Gasteiger partial charge in [-0.1, -0.05) is 68.8 Å². The van der Waals surface area contributed by atoms with Gasteiger partial charge >= 0.3 is 11.9 Å². The Hall–Kier alpha value is -4.72. The minimum atomic E-state index is -1.13. The van der Waals surface area contributed by atoms with Crippen molar-refractivity contribution in [3.05, 3.63) is 106 Å². The summed E-state index contributed by atoms with van der Waals surface area (Å²) in [5.41, 5.74) is 5.14. The van der Waals surface area contributed by atoms with E-state index < -0.39 is 11.9 Å². The fraction of sp³-hybridized carbons (Fsp3) is 0.314. The van der Waals surface area contributed by atoms with Crippen molar-refractivity contribution < 1.29 is 24.2 Å². The molecule has 1 aliphatic rings. The van der Waals surface area contributed by atoms with Crippen LogP contribution in [0.3, 0.4) is 0 Å². The smallest absolute Gasteiger partial charge is 0.359 e. The maximum Gasteiger partial charge on any atom is 0.359 e. The van der Waals surface area contributed by atoms with Gasteiger partial charge in [-0.15, -0.1) is 0 Å². The summed E-state index contributed by atoms with van der Waals surface area (Å²) in [5.74, 6) is -2.00. The van der Waals surface area contributed by atoms with Gasteiger partial charge in [0.2, 0.25) is 0 Å². The molecule has 0 saturated carbocycles. The summed E-state index contributed by atoms with van der Waals surface area (Å²) in [6, 6.07) is 22.1. The van der Waals surface area contributed by atoms with E-state index in [9.17, 15) is 19.5 Å². The second-order valence-corrected chi connectivity index (χ2v) is 10.8. The Morgan fingerprint density at radius 3 is 2.35 bits per heavy atom. The van der Waals surface area contributed by atoms with Crippen LogP contribution < -0.4 is 0 Å². The predicted octanol–water partition coefficient (Wildman–Crippen LogP) is 6.73. The number of fused-ring (bicyclic) bond motifs is 1. The number of para-hydroxylation sites is 1. The summed E-state index contributed by atoms with van der Waals surface area (Å²) in [6.07, 6.45) is 3.79. The van der Waals surface area contributed by atoms with E-state index in [-0.39, 0.29) is 35.4 Å². The number of aromatic nitrogens is 2. The molecular formula is C35H37N3O5. The van der Waals surface area contributed by atoms with Crippen LogP contribution in [0.5, 0.6) is 0 Å². The molecule has 5 rings (SSSR count). The summed E-state index contributed by atoms with van der Waals surface area (Å²) in [7, 11) is 0. The fourth-order valence-electron chi connectivity index (χ4n) is 5.85. The first-order valence-corrected chi connectivity index (χ1v) is 15.0. The van der Waals surface area contributed by atoms with E-state index in [1.807, 2.05) is 53.4 Å². The largest absolute Gasteiger partial charge is 0.478 e. The lowest BCUT2D eigenvalue weighted by Crippen LogP contribution is -2.44. The first-order chi connectivity index (χ1) is 20.9. The number of hydrogen-bond acceptors (Lipinski definition) is 5. The topological polar surface area (TPSA) is 102 Å². The number of carbonyl (C=O) groups is 3. The molecule has 4 aromatic rings. The molecule has 8 nitrogen and oxygen atoms in total. The van der Waals surface area contributed by atoms with Gasteiger partial charge in [0.25, 0.3) is 5.91 Å². The normalized spacial score (nSPS) is 14.3. The lowest BCUT2D eigenvalue weighted by atomic mass is 9.89. The van der Waals surface area contributed by atoms with Gasteiger partial charge in [-0.05, 0) is 73.6 Å². The SMILES string of the molecule is CCCCc1c(-c2ccc(C(=O)O)cc2C(=O)N2Cc3ccccc3C[C@H]2CC)c(C(=O)OCC)nn1-c1ccccc1. The molecule has 1 amide bonds. The molecule has 0 aliphatic carbocycles. The molecule has 1 aromatic heterocycles. The number of benzene rings is 3. The van der Waals surface area contributed by atoms with Gasteiger partial charge in [0.05, 0.1) is 23.6 Å². The second-order valence-electron chi connectivity index (χ2n) is 10.8. The van der Waals surface area contributed by atoms with Crippen LogP contribution in [0.25, 0.3) is 16.8 Å². The van der Waals surface area contributed by atoms with Crippen molar-refractivity contribution >= 4 is 17.8 Å². The van der Waals surface area contributed by atoms with E-state index in [1.165, 1.54) is 17.7 Å². The second kappa shape index (κ2) is 13.1. The van der Waals surface area contributed by atoms with E-state index in [2.05, 4.69) is 19.9 Å². The van der Waals surface area contributed by atoms with Crippen molar-refractivity contribution in [3.8, 4) is 16.8 Å². The van der Waals surface area contributed by atoms with E-state index in [1.54, 1.807) is 17.7 Å². The quantitative estimate of drug-likeness (QED) is 0.209. The van der Waals surface area contributed by atoms with E-state index in [4.69, 9.17) is 9.84 Å². The summed E-state index contributed by atoms with van der Waals surface area (Å²) in [6.45, 7) is 6.46. The number of nitrogens with zero attached hydrogens (tertiary/aromatic N) is 3. The molecule has 0 fully saturated rings. The molecule has 0 bridgehead atoms. The highest BCUT2D eigenvalue weighted by atomic mass is 16.5. The zero-order valence-electron chi connectivity index (χ0n) is 24.9. The minimum Gasteiger partial charge on any atom is -0.478 e. The number of rotatable bonds is 10. The van der Waals surface area contributed by atoms with E-state index >= 15 is 0 Å². The molecule has 0 radical (unpaired) electrons. The van der Waals surface area contributed by atoms with Crippen molar-refractivity contribution in [2.45, 2.75) is 65.5 Å². The summed E-state index contributed by atoms with van der Waals surface area (Å²) < 4.78 is 7.20. The maximum atomic E-state index is 14.5. The van der Waals surface area contributed by atoms with Crippen LogP contribution in [-0.4, -0.2) is 50.3 Å². The average Bonchev–Trinajstić information content (AvgIpc) is 3.42. The molecular weight excluding hydrogens is 542 g/mol. The van der Waals surface area contributed by atoms with Gasteiger partial charge in [-0.25, -0.2) is 14.3 Å². The molecule has 0 saturated heterocycles. The zero-order chi connectivity index (χ0) is 30.5. The number of unbranched alkanes of at least 4 members (excludes halogenated alkanes) is 1. The van der Waals surface area contributed by atoms with Crippen LogP contribution in [0.15, 0.2) is 72.8 Å². The molecule has 1 N–H and O–H groups in total. The summed E-state index contributed by atoms with van der Waals surface area (Å²) in [5, 5.41) is 14.7. The van der Waals surface area contributed by atoms with Crippen molar-refractivity contribution in [2.24, 2.45) is 0 Å². The lowest BCUT2D eigenvalue weighted by Gasteiger charge is -2.37. The third kappa shape index (κ3) is 5.95. The third-order valence-electron chi connectivity index (χ3n) is 8.07. The number of carboxylic acid groups (broad SMARTS) is 1. The highest BCUT2D eigenvalue weighted by Gasteiger charge is 2.34. The number of amides is 1. The molecule has 8 heteroatoms.